The number of nitrogens with zero attached hydrogens (tertiary/aromatic N) is 2. The Morgan fingerprint density at radius 2 is 2.11 bits per heavy atom. The van der Waals surface area contributed by atoms with Gasteiger partial charge in [0, 0.05) is 38.3 Å². The van der Waals surface area contributed by atoms with Crippen LogP contribution in [0.3, 0.4) is 0 Å². The summed E-state index contributed by atoms with van der Waals surface area (Å²) in [6.07, 6.45) is 0. The highest BCUT2D eigenvalue weighted by atomic mass is 16.6. The Bertz CT molecular complexity index is 444. The maximum Gasteiger partial charge on any atom is 0.311 e. The van der Waals surface area contributed by atoms with Gasteiger partial charge in [-0.25, -0.2) is 0 Å². The molecule has 0 amide bonds. The number of benzene rings is 1. The number of aromatic hydroxyl groups is 1. The van der Waals surface area contributed by atoms with E-state index in [9.17, 15) is 15.2 Å². The summed E-state index contributed by atoms with van der Waals surface area (Å²) in [7, 11) is 0. The molecule has 1 heterocycles. The molecule has 0 spiro atoms. The van der Waals surface area contributed by atoms with Crippen LogP contribution in [-0.4, -0.2) is 41.1 Å². The van der Waals surface area contributed by atoms with Crippen molar-refractivity contribution in [3.63, 3.8) is 0 Å². The van der Waals surface area contributed by atoms with Gasteiger partial charge in [-0.2, -0.15) is 0 Å². The first kappa shape index (κ1) is 12.8. The van der Waals surface area contributed by atoms with Crippen molar-refractivity contribution in [3.05, 3.63) is 33.9 Å². The molecule has 1 aliphatic heterocycles. The van der Waals surface area contributed by atoms with Gasteiger partial charge in [0.05, 0.1) is 4.92 Å². The van der Waals surface area contributed by atoms with Crippen molar-refractivity contribution in [1.29, 1.82) is 0 Å². The molecule has 6 nitrogen and oxygen atoms in total. The van der Waals surface area contributed by atoms with Crippen LogP contribution in [0.4, 0.5) is 5.69 Å². The number of nitro groups is 1. The average Bonchev–Trinajstić information content (AvgIpc) is 2.39. The highest BCUT2D eigenvalue weighted by molar-refractivity contribution is 5.48. The van der Waals surface area contributed by atoms with E-state index in [1.54, 1.807) is 6.07 Å². The van der Waals surface area contributed by atoms with Crippen LogP contribution < -0.4 is 5.32 Å². The van der Waals surface area contributed by atoms with E-state index >= 15 is 0 Å². The molecule has 1 atom stereocenters. The molecule has 2 rings (SSSR count). The van der Waals surface area contributed by atoms with Crippen LogP contribution in [0.25, 0.3) is 0 Å². The molecule has 1 saturated heterocycles. The van der Waals surface area contributed by atoms with Crippen molar-refractivity contribution in [2.45, 2.75) is 13.0 Å². The van der Waals surface area contributed by atoms with Gasteiger partial charge in [0.25, 0.3) is 0 Å². The monoisotopic (exact) mass is 251 g/mol. The first-order valence-corrected chi connectivity index (χ1v) is 6.01. The molecule has 1 aromatic carbocycles. The number of hydrogen-bond acceptors (Lipinski definition) is 5. The fourth-order valence-corrected chi connectivity index (χ4v) is 2.23. The number of hydrogen-bond donors (Lipinski definition) is 2. The zero-order valence-corrected chi connectivity index (χ0v) is 10.3. The van der Waals surface area contributed by atoms with Crippen molar-refractivity contribution in [2.24, 2.45) is 0 Å². The minimum absolute atomic E-state index is 0.117. The van der Waals surface area contributed by atoms with Crippen LogP contribution in [0.1, 0.15) is 18.5 Å². The molecule has 0 bridgehead atoms. The number of phenolic OH excluding ortho intramolecular Hbond substituents is 1. The van der Waals surface area contributed by atoms with Crippen LogP contribution in [0.5, 0.6) is 5.75 Å². The molecule has 0 aromatic heterocycles. The van der Waals surface area contributed by atoms with E-state index < -0.39 is 4.92 Å². The van der Waals surface area contributed by atoms with Crippen molar-refractivity contribution in [2.75, 3.05) is 26.2 Å². The highest BCUT2D eigenvalue weighted by Gasteiger charge is 2.21. The zero-order valence-electron chi connectivity index (χ0n) is 10.3. The van der Waals surface area contributed by atoms with Crippen LogP contribution in [0.2, 0.25) is 0 Å². The molecule has 6 heteroatoms. The minimum atomic E-state index is -0.552. The highest BCUT2D eigenvalue weighted by Crippen LogP contribution is 2.30. The van der Waals surface area contributed by atoms with E-state index in [4.69, 9.17) is 0 Å². The number of nitrogens with one attached hydrogen (secondary N) is 1. The van der Waals surface area contributed by atoms with Crippen molar-refractivity contribution >= 4 is 5.69 Å². The molecule has 98 valence electrons. The summed E-state index contributed by atoms with van der Waals surface area (Å²) in [6, 6.07) is 4.72. The summed E-state index contributed by atoms with van der Waals surface area (Å²) >= 11 is 0. The Kier molecular flexibility index (Phi) is 3.78. The lowest BCUT2D eigenvalue weighted by Crippen LogP contribution is -2.44. The fourth-order valence-electron chi connectivity index (χ4n) is 2.23. The Labute approximate surface area is 105 Å². The minimum Gasteiger partial charge on any atom is -0.502 e. The summed E-state index contributed by atoms with van der Waals surface area (Å²) in [5.41, 5.74) is 0.635. The van der Waals surface area contributed by atoms with E-state index in [1.807, 2.05) is 6.92 Å². The molecule has 2 N–H and O–H groups in total. The Hall–Kier alpha value is -1.66. The predicted molar refractivity (Wildman–Crippen MR) is 67.6 cm³/mol. The molecular weight excluding hydrogens is 234 g/mol. The first-order chi connectivity index (χ1) is 8.59. The van der Waals surface area contributed by atoms with Gasteiger partial charge in [-0.1, -0.05) is 6.07 Å². The topological polar surface area (TPSA) is 78.6 Å². The Balaban J connectivity index is 2.21. The number of piperazine rings is 1. The van der Waals surface area contributed by atoms with E-state index in [1.165, 1.54) is 12.1 Å². The second-order valence-corrected chi connectivity index (χ2v) is 4.47. The number of rotatable bonds is 3. The van der Waals surface area contributed by atoms with Crippen molar-refractivity contribution < 1.29 is 10.0 Å². The summed E-state index contributed by atoms with van der Waals surface area (Å²) in [5, 5.41) is 23.5. The third kappa shape index (κ3) is 2.60. The SMILES string of the molecule is C[C@@H](c1ccc(O)c([N+](=O)[O-])c1)N1CCNCC1. The van der Waals surface area contributed by atoms with Crippen LogP contribution >= 0.6 is 0 Å². The lowest BCUT2D eigenvalue weighted by Gasteiger charge is -2.32. The lowest BCUT2D eigenvalue weighted by molar-refractivity contribution is -0.386. The largest absolute Gasteiger partial charge is 0.502 e. The van der Waals surface area contributed by atoms with Gasteiger partial charge in [-0.3, -0.25) is 15.0 Å². The quantitative estimate of drug-likeness (QED) is 0.624. The van der Waals surface area contributed by atoms with Gasteiger partial charge in [0.1, 0.15) is 0 Å². The molecule has 18 heavy (non-hydrogen) atoms. The first-order valence-electron chi connectivity index (χ1n) is 6.01. The second-order valence-electron chi connectivity index (χ2n) is 4.47. The molecule has 0 saturated carbocycles. The third-order valence-corrected chi connectivity index (χ3v) is 3.38. The summed E-state index contributed by atoms with van der Waals surface area (Å²) in [6.45, 7) is 5.75. The second kappa shape index (κ2) is 5.32. The third-order valence-electron chi connectivity index (χ3n) is 3.38. The van der Waals surface area contributed by atoms with Gasteiger partial charge in [0.15, 0.2) is 5.75 Å². The molecule has 1 fully saturated rings. The summed E-state index contributed by atoms with van der Waals surface area (Å²) in [5.74, 6) is -0.281. The summed E-state index contributed by atoms with van der Waals surface area (Å²) in [4.78, 5) is 12.5. The van der Waals surface area contributed by atoms with Crippen molar-refractivity contribution in [3.8, 4) is 5.75 Å². The van der Waals surface area contributed by atoms with E-state index in [0.717, 1.165) is 31.7 Å². The van der Waals surface area contributed by atoms with Gasteiger partial charge in [-0.15, -0.1) is 0 Å². The Morgan fingerprint density at radius 3 is 2.72 bits per heavy atom. The average molecular weight is 251 g/mol. The molecule has 0 radical (unpaired) electrons. The van der Waals surface area contributed by atoms with E-state index in [-0.39, 0.29) is 17.5 Å². The summed E-state index contributed by atoms with van der Waals surface area (Å²) < 4.78 is 0. The van der Waals surface area contributed by atoms with E-state index in [0.29, 0.717) is 0 Å². The maximum absolute atomic E-state index is 10.8. The molecule has 1 aromatic rings. The molecule has 0 aliphatic carbocycles. The van der Waals surface area contributed by atoms with E-state index in [2.05, 4.69) is 10.2 Å². The van der Waals surface area contributed by atoms with Crippen LogP contribution in [0, 0.1) is 10.1 Å². The van der Waals surface area contributed by atoms with Gasteiger partial charge in [-0.05, 0) is 18.6 Å². The molecule has 1 aliphatic rings. The van der Waals surface area contributed by atoms with Crippen LogP contribution in [-0.2, 0) is 0 Å². The lowest BCUT2D eigenvalue weighted by atomic mass is 10.1. The molecule has 0 unspecified atom stereocenters. The van der Waals surface area contributed by atoms with Crippen LogP contribution in [0.15, 0.2) is 18.2 Å². The zero-order chi connectivity index (χ0) is 13.1. The van der Waals surface area contributed by atoms with Gasteiger partial charge < -0.3 is 10.4 Å². The standard InChI is InChI=1S/C12H17N3O3/c1-9(14-6-4-13-5-7-14)10-2-3-12(16)11(8-10)15(17)18/h2-3,8-9,13,16H,4-7H2,1H3/t9-/m0/s1. The maximum atomic E-state index is 10.8. The van der Waals surface area contributed by atoms with Gasteiger partial charge in [0.2, 0.25) is 0 Å². The van der Waals surface area contributed by atoms with Crippen molar-refractivity contribution in [1.82, 2.24) is 10.2 Å². The smallest absolute Gasteiger partial charge is 0.311 e. The fraction of sp³-hybridized carbons (Fsp3) is 0.500. The number of phenols is 1. The van der Waals surface area contributed by atoms with Gasteiger partial charge >= 0.3 is 5.69 Å². The normalized spacial score (nSPS) is 18.5. The Morgan fingerprint density at radius 1 is 1.44 bits per heavy atom. The number of nitro benzene ring substituents is 1. The molecular formula is C12H17N3O3. The predicted octanol–water partition coefficient (Wildman–Crippen LogP) is 1.27.